The molecule has 0 aliphatic rings. The molecule has 5 aromatic rings. The van der Waals surface area contributed by atoms with Crippen LogP contribution in [0.3, 0.4) is 0 Å². The zero-order valence-electron chi connectivity index (χ0n) is 13.7. The van der Waals surface area contributed by atoms with Gasteiger partial charge in [-0.05, 0) is 18.2 Å². The van der Waals surface area contributed by atoms with Crippen molar-refractivity contribution >= 4 is 40.0 Å². The maximum atomic E-state index is 6.03. The lowest BCUT2D eigenvalue weighted by Crippen LogP contribution is -1.98. The Bertz CT molecular complexity index is 1250. The normalized spacial score (nSPS) is 11.5. The molecule has 4 aromatic heterocycles. The van der Waals surface area contributed by atoms with E-state index in [1.807, 2.05) is 54.4 Å². The highest BCUT2D eigenvalue weighted by molar-refractivity contribution is 6.18. The van der Waals surface area contributed by atoms with E-state index in [4.69, 9.17) is 11.8 Å². The summed E-state index contributed by atoms with van der Waals surface area (Å²) in [4.78, 5) is 13.2. The van der Waals surface area contributed by atoms with E-state index >= 15 is 0 Å². The number of nitrogens with one attached hydrogen (secondary N) is 1. The quantitative estimate of drug-likeness (QED) is 0.532. The Morgan fingerprint density at radius 3 is 2.88 bits per heavy atom. The molecule has 0 amide bonds. The predicted octanol–water partition coefficient (Wildman–Crippen LogP) is 3.23. The number of aromatic nitrogens is 7. The van der Waals surface area contributed by atoms with E-state index in [2.05, 4.69) is 25.4 Å². The number of rotatable bonds is 3. The molecule has 0 unspecified atom stereocenters. The monoisotopic (exact) mass is 364 g/mol. The van der Waals surface area contributed by atoms with Crippen molar-refractivity contribution in [3.63, 3.8) is 0 Å². The van der Waals surface area contributed by atoms with Crippen LogP contribution in [0.5, 0.6) is 0 Å². The molecular formula is C17H13ClN8. The lowest BCUT2D eigenvalue weighted by atomic mass is 10.2. The summed E-state index contributed by atoms with van der Waals surface area (Å²) in [5.74, 6) is 0.660. The van der Waals surface area contributed by atoms with Gasteiger partial charge in [0.2, 0.25) is 0 Å². The van der Waals surface area contributed by atoms with E-state index in [0.29, 0.717) is 5.82 Å². The molecule has 0 spiro atoms. The Hall–Kier alpha value is -3.39. The Labute approximate surface area is 152 Å². The molecule has 0 saturated heterocycles. The van der Waals surface area contributed by atoms with E-state index < -0.39 is 0 Å². The van der Waals surface area contributed by atoms with Gasteiger partial charge < -0.3 is 5.32 Å². The second-order valence-electron chi connectivity index (χ2n) is 5.90. The first kappa shape index (κ1) is 14.9. The average molecular weight is 365 g/mol. The third-order valence-corrected chi connectivity index (χ3v) is 4.46. The lowest BCUT2D eigenvalue weighted by molar-refractivity contribution is 0.768. The summed E-state index contributed by atoms with van der Waals surface area (Å²) in [6.07, 6.45) is 10.8. The number of anilines is 2. The van der Waals surface area contributed by atoms with Gasteiger partial charge in [0.1, 0.15) is 6.33 Å². The van der Waals surface area contributed by atoms with Crippen molar-refractivity contribution in [2.45, 2.75) is 0 Å². The van der Waals surface area contributed by atoms with Gasteiger partial charge in [-0.25, -0.2) is 19.0 Å². The number of benzene rings is 1. The van der Waals surface area contributed by atoms with Crippen molar-refractivity contribution in [2.75, 3.05) is 5.32 Å². The number of hydrogen-bond acceptors (Lipinski definition) is 5. The zero-order valence-corrected chi connectivity index (χ0v) is 14.5. The minimum absolute atomic E-state index is 0.660. The van der Waals surface area contributed by atoms with Crippen molar-refractivity contribution in [1.82, 2.24) is 33.2 Å². The van der Waals surface area contributed by atoms with Crippen molar-refractivity contribution in [1.29, 1.82) is 0 Å². The Kier molecular flexibility index (Phi) is 3.19. The number of imidazole rings is 2. The van der Waals surface area contributed by atoms with Crippen molar-refractivity contribution in [3.8, 4) is 11.3 Å². The molecule has 0 radical (unpaired) electrons. The molecule has 1 aromatic carbocycles. The fourth-order valence-electron chi connectivity index (χ4n) is 2.97. The van der Waals surface area contributed by atoms with Crippen LogP contribution in [0.1, 0.15) is 0 Å². The topological polar surface area (TPSA) is 77.9 Å². The highest BCUT2D eigenvalue weighted by atomic mass is 35.5. The molecule has 0 saturated carbocycles. The maximum absolute atomic E-state index is 6.03. The summed E-state index contributed by atoms with van der Waals surface area (Å²) in [5.41, 5.74) is 5.19. The van der Waals surface area contributed by atoms with Crippen LogP contribution in [0, 0.1) is 0 Å². The van der Waals surface area contributed by atoms with Gasteiger partial charge in [-0.1, -0.05) is 0 Å². The standard InChI is InChI=1S/C17H13ClN8/c1-24-9-11(7-22-24)15-8-20-17-16(19-4-5-25(15)17)23-12-2-3-14-13(6-12)21-10-26(14)18/h2-10H,1H3,(H,19,23). The van der Waals surface area contributed by atoms with Crippen LogP contribution in [-0.4, -0.2) is 33.2 Å². The Morgan fingerprint density at radius 2 is 2.04 bits per heavy atom. The highest BCUT2D eigenvalue weighted by Crippen LogP contribution is 2.26. The fraction of sp³-hybridized carbons (Fsp3) is 0.0588. The smallest absolute Gasteiger partial charge is 0.180 e. The molecule has 0 fully saturated rings. The van der Waals surface area contributed by atoms with E-state index in [1.165, 1.54) is 4.09 Å². The summed E-state index contributed by atoms with van der Waals surface area (Å²) in [5, 5.41) is 7.54. The van der Waals surface area contributed by atoms with Gasteiger partial charge in [-0.15, -0.1) is 0 Å². The van der Waals surface area contributed by atoms with E-state index in [9.17, 15) is 0 Å². The van der Waals surface area contributed by atoms with Crippen LogP contribution in [0.25, 0.3) is 27.9 Å². The van der Waals surface area contributed by atoms with Gasteiger partial charge in [0, 0.05) is 48.7 Å². The van der Waals surface area contributed by atoms with E-state index in [1.54, 1.807) is 17.2 Å². The van der Waals surface area contributed by atoms with Crippen LogP contribution < -0.4 is 5.32 Å². The summed E-state index contributed by atoms with van der Waals surface area (Å²) < 4.78 is 5.21. The molecule has 4 heterocycles. The molecular weight excluding hydrogens is 352 g/mol. The van der Waals surface area contributed by atoms with E-state index in [0.717, 1.165) is 33.6 Å². The van der Waals surface area contributed by atoms with Crippen LogP contribution in [0.4, 0.5) is 11.5 Å². The molecule has 0 bridgehead atoms. The molecule has 8 nitrogen and oxygen atoms in total. The van der Waals surface area contributed by atoms with Gasteiger partial charge in [0.05, 0.1) is 29.1 Å². The number of aryl methyl sites for hydroxylation is 1. The molecule has 1 N–H and O–H groups in total. The van der Waals surface area contributed by atoms with Crippen molar-refractivity contribution in [3.05, 3.63) is 55.5 Å². The zero-order chi connectivity index (χ0) is 17.7. The first-order chi connectivity index (χ1) is 12.7. The van der Waals surface area contributed by atoms with Gasteiger partial charge in [-0.2, -0.15) is 5.10 Å². The minimum atomic E-state index is 0.660. The molecule has 128 valence electrons. The van der Waals surface area contributed by atoms with Crippen LogP contribution in [0.2, 0.25) is 0 Å². The molecule has 0 aliphatic carbocycles. The van der Waals surface area contributed by atoms with Crippen molar-refractivity contribution < 1.29 is 0 Å². The van der Waals surface area contributed by atoms with Crippen molar-refractivity contribution in [2.24, 2.45) is 7.05 Å². The van der Waals surface area contributed by atoms with Gasteiger partial charge in [0.15, 0.2) is 11.5 Å². The third kappa shape index (κ3) is 2.31. The number of nitrogens with zero attached hydrogens (tertiary/aromatic N) is 7. The van der Waals surface area contributed by atoms with Gasteiger partial charge in [0.25, 0.3) is 0 Å². The average Bonchev–Trinajstić information content (AvgIpc) is 3.34. The summed E-state index contributed by atoms with van der Waals surface area (Å²) in [7, 11) is 1.89. The highest BCUT2D eigenvalue weighted by Gasteiger charge is 2.12. The number of halogens is 1. The van der Waals surface area contributed by atoms with Crippen LogP contribution in [-0.2, 0) is 7.05 Å². The third-order valence-electron chi connectivity index (χ3n) is 4.20. The number of hydrogen-bond donors (Lipinski definition) is 1. The van der Waals surface area contributed by atoms with Gasteiger partial charge >= 0.3 is 0 Å². The van der Waals surface area contributed by atoms with Gasteiger partial charge in [-0.3, -0.25) is 9.08 Å². The molecule has 0 atom stereocenters. The fourth-order valence-corrected chi connectivity index (χ4v) is 3.16. The second kappa shape index (κ2) is 5.57. The first-order valence-corrected chi connectivity index (χ1v) is 8.24. The number of fused-ring (bicyclic) bond motifs is 2. The predicted molar refractivity (Wildman–Crippen MR) is 99.5 cm³/mol. The Balaban J connectivity index is 1.57. The second-order valence-corrected chi connectivity index (χ2v) is 6.26. The summed E-state index contributed by atoms with van der Waals surface area (Å²) in [6.45, 7) is 0. The first-order valence-electron chi connectivity index (χ1n) is 7.90. The SMILES string of the molecule is Cn1cc(-c2cnc3c(Nc4ccc5c(c4)ncn5Cl)nccn23)cn1. The van der Waals surface area contributed by atoms with Crippen LogP contribution >= 0.6 is 11.8 Å². The maximum Gasteiger partial charge on any atom is 0.180 e. The Morgan fingerprint density at radius 1 is 1.12 bits per heavy atom. The summed E-state index contributed by atoms with van der Waals surface area (Å²) >= 11 is 6.03. The molecule has 9 heteroatoms. The molecule has 0 aliphatic heterocycles. The summed E-state index contributed by atoms with van der Waals surface area (Å²) in [6, 6.07) is 5.76. The largest absolute Gasteiger partial charge is 0.337 e. The molecule has 5 rings (SSSR count). The molecule has 26 heavy (non-hydrogen) atoms. The lowest BCUT2D eigenvalue weighted by Gasteiger charge is -2.07. The van der Waals surface area contributed by atoms with Crippen LogP contribution in [0.15, 0.2) is 55.5 Å². The minimum Gasteiger partial charge on any atom is -0.337 e. The van der Waals surface area contributed by atoms with E-state index in [-0.39, 0.29) is 0 Å².